The number of nitrogens with zero attached hydrogens (tertiary/aromatic N) is 2. The largest absolute Gasteiger partial charge is 0.380 e. The molecule has 0 aliphatic rings. The number of H-pyrrole nitrogens is 1. The Balaban J connectivity index is 2.27. The summed E-state index contributed by atoms with van der Waals surface area (Å²) in [5.41, 5.74) is 3.05. The first-order chi connectivity index (χ1) is 9.72. The Bertz CT molecular complexity index is 806. The smallest absolute Gasteiger partial charge is 0.178 e. The fourth-order valence-electron chi connectivity index (χ4n) is 2.54. The predicted molar refractivity (Wildman–Crippen MR) is 83.6 cm³/mol. The van der Waals surface area contributed by atoms with Crippen LogP contribution in [0.2, 0.25) is 0 Å². The Hall–Kier alpha value is -1.72. The quantitative estimate of drug-likeness (QED) is 0.741. The lowest BCUT2D eigenvalue weighted by molar-refractivity contribution is 0.119. The Labute approximate surface area is 122 Å². The van der Waals surface area contributed by atoms with Gasteiger partial charge in [0.05, 0.1) is 35.4 Å². The van der Waals surface area contributed by atoms with Crippen molar-refractivity contribution >= 4 is 34.2 Å². The van der Waals surface area contributed by atoms with Crippen LogP contribution < -0.4 is 0 Å². The van der Waals surface area contributed by atoms with E-state index in [2.05, 4.69) is 27.5 Å². The van der Waals surface area contributed by atoms with E-state index in [1.807, 2.05) is 31.3 Å². The van der Waals surface area contributed by atoms with Crippen LogP contribution in [0.5, 0.6) is 0 Å². The molecule has 1 unspecified atom stereocenters. The first-order valence-corrected chi connectivity index (χ1v) is 7.19. The van der Waals surface area contributed by atoms with E-state index < -0.39 is 0 Å². The highest BCUT2D eigenvalue weighted by Gasteiger charge is 2.14. The molecule has 3 aromatic rings. The van der Waals surface area contributed by atoms with Crippen LogP contribution in [0.15, 0.2) is 30.5 Å². The first kappa shape index (κ1) is 13.3. The maximum Gasteiger partial charge on any atom is 0.178 e. The van der Waals surface area contributed by atoms with Crippen molar-refractivity contribution in [1.29, 1.82) is 0 Å². The van der Waals surface area contributed by atoms with Crippen molar-refractivity contribution < 1.29 is 4.74 Å². The van der Waals surface area contributed by atoms with Crippen LogP contribution in [-0.4, -0.2) is 27.7 Å². The third kappa shape index (κ3) is 2.13. The van der Waals surface area contributed by atoms with E-state index in [0.717, 1.165) is 21.9 Å². The highest BCUT2D eigenvalue weighted by molar-refractivity contribution is 7.71. The number of para-hydroxylation sites is 1. The van der Waals surface area contributed by atoms with Gasteiger partial charge in [0.15, 0.2) is 4.77 Å². The van der Waals surface area contributed by atoms with Gasteiger partial charge in [0, 0.05) is 12.0 Å². The normalized spacial score (nSPS) is 13.1. The molecule has 4 nitrogen and oxygen atoms in total. The summed E-state index contributed by atoms with van der Waals surface area (Å²) in [4.78, 5) is 7.70. The summed E-state index contributed by atoms with van der Waals surface area (Å²) in [6, 6.07) is 8.30. The third-order valence-electron chi connectivity index (χ3n) is 3.45. The number of hydrogen-bond acceptors (Lipinski definition) is 3. The maximum atomic E-state index is 5.54. The number of nitrogens with one attached hydrogen (secondary N) is 1. The molecule has 2 heterocycles. The minimum absolute atomic E-state index is 0.182. The molecular weight excluding hydrogens is 270 g/mol. The number of aromatic amines is 1. The van der Waals surface area contributed by atoms with E-state index in [9.17, 15) is 0 Å². The number of benzene rings is 1. The van der Waals surface area contributed by atoms with E-state index in [1.165, 1.54) is 0 Å². The lowest BCUT2D eigenvalue weighted by atomic mass is 10.2. The highest BCUT2D eigenvalue weighted by Crippen LogP contribution is 2.26. The number of fused-ring (bicyclic) bond motifs is 3. The van der Waals surface area contributed by atoms with Gasteiger partial charge in [-0.3, -0.25) is 4.98 Å². The van der Waals surface area contributed by atoms with Crippen LogP contribution in [0, 0.1) is 4.77 Å². The second kappa shape index (κ2) is 5.34. The second-order valence-electron chi connectivity index (χ2n) is 4.85. The summed E-state index contributed by atoms with van der Waals surface area (Å²) >= 11 is 5.47. The van der Waals surface area contributed by atoms with Gasteiger partial charge in [0.1, 0.15) is 0 Å². The molecular formula is C15H17N3OS. The van der Waals surface area contributed by atoms with E-state index >= 15 is 0 Å². The summed E-state index contributed by atoms with van der Waals surface area (Å²) in [5.74, 6) is 0. The topological polar surface area (TPSA) is 42.8 Å². The number of rotatable bonds is 4. The molecule has 0 spiro atoms. The fourth-order valence-corrected chi connectivity index (χ4v) is 2.92. The summed E-state index contributed by atoms with van der Waals surface area (Å²) in [7, 11) is 0. The second-order valence-corrected chi connectivity index (χ2v) is 5.23. The zero-order valence-corrected chi connectivity index (χ0v) is 12.4. The van der Waals surface area contributed by atoms with Crippen molar-refractivity contribution in [2.24, 2.45) is 0 Å². The van der Waals surface area contributed by atoms with Crippen LogP contribution in [0.25, 0.3) is 21.9 Å². The van der Waals surface area contributed by atoms with Crippen LogP contribution in [-0.2, 0) is 4.74 Å². The molecule has 20 heavy (non-hydrogen) atoms. The average molecular weight is 287 g/mol. The maximum absolute atomic E-state index is 5.54. The molecule has 0 saturated heterocycles. The number of imidazole rings is 1. The lowest BCUT2D eigenvalue weighted by Crippen LogP contribution is -2.12. The minimum atomic E-state index is 0.182. The third-order valence-corrected chi connectivity index (χ3v) is 3.75. The molecule has 0 radical (unpaired) electrons. The number of aromatic nitrogens is 3. The molecule has 104 valence electrons. The van der Waals surface area contributed by atoms with Gasteiger partial charge < -0.3 is 14.3 Å². The van der Waals surface area contributed by atoms with E-state index in [1.54, 1.807) is 0 Å². The SMILES string of the molecule is CCOCC(C)n1c(=S)[nH]c2cnc3ccccc3c21. The van der Waals surface area contributed by atoms with Crippen molar-refractivity contribution in [2.45, 2.75) is 19.9 Å². The molecule has 0 amide bonds. The van der Waals surface area contributed by atoms with Gasteiger partial charge in [-0.1, -0.05) is 18.2 Å². The molecule has 2 aromatic heterocycles. The number of ether oxygens (including phenoxy) is 1. The molecule has 0 bridgehead atoms. The van der Waals surface area contributed by atoms with Crippen molar-refractivity contribution in [3.8, 4) is 0 Å². The molecule has 1 atom stereocenters. The molecule has 1 aromatic carbocycles. The van der Waals surface area contributed by atoms with Gasteiger partial charge >= 0.3 is 0 Å². The summed E-state index contributed by atoms with van der Waals surface area (Å²) in [6.45, 7) is 5.48. The standard InChI is InChI=1S/C15H17N3OS/c1-3-19-9-10(2)18-14-11-6-4-5-7-12(11)16-8-13(14)17-15(18)20/h4-8,10H,3,9H2,1-2H3,(H,17,20). The number of pyridine rings is 1. The first-order valence-electron chi connectivity index (χ1n) is 6.78. The average Bonchev–Trinajstić information content (AvgIpc) is 2.81. The van der Waals surface area contributed by atoms with Crippen LogP contribution in [0.4, 0.5) is 0 Å². The Morgan fingerprint density at radius 3 is 3.00 bits per heavy atom. The molecule has 0 aliphatic heterocycles. The van der Waals surface area contributed by atoms with E-state index in [-0.39, 0.29) is 6.04 Å². The Kier molecular flexibility index (Phi) is 3.54. The molecule has 0 aliphatic carbocycles. The number of hydrogen-bond donors (Lipinski definition) is 1. The molecule has 0 saturated carbocycles. The molecule has 3 rings (SSSR count). The van der Waals surface area contributed by atoms with E-state index in [4.69, 9.17) is 17.0 Å². The van der Waals surface area contributed by atoms with Gasteiger partial charge in [-0.15, -0.1) is 0 Å². The molecule has 1 N–H and O–H groups in total. The minimum Gasteiger partial charge on any atom is -0.380 e. The Morgan fingerprint density at radius 1 is 1.40 bits per heavy atom. The van der Waals surface area contributed by atoms with Crippen molar-refractivity contribution in [2.75, 3.05) is 13.2 Å². The van der Waals surface area contributed by atoms with Crippen molar-refractivity contribution in [3.05, 3.63) is 35.2 Å². The fraction of sp³-hybridized carbons (Fsp3) is 0.333. The lowest BCUT2D eigenvalue weighted by Gasteiger charge is -2.15. The Morgan fingerprint density at radius 2 is 2.20 bits per heavy atom. The summed E-state index contributed by atoms with van der Waals surface area (Å²) in [6.07, 6.45) is 1.84. The summed E-state index contributed by atoms with van der Waals surface area (Å²) < 4.78 is 8.38. The van der Waals surface area contributed by atoms with Crippen LogP contribution in [0.1, 0.15) is 19.9 Å². The van der Waals surface area contributed by atoms with Gasteiger partial charge in [-0.25, -0.2) is 0 Å². The molecule has 0 fully saturated rings. The zero-order chi connectivity index (χ0) is 14.1. The monoisotopic (exact) mass is 287 g/mol. The van der Waals surface area contributed by atoms with Gasteiger partial charge in [0.2, 0.25) is 0 Å². The predicted octanol–water partition coefficient (Wildman–Crippen LogP) is 3.84. The van der Waals surface area contributed by atoms with Gasteiger partial charge in [0.25, 0.3) is 0 Å². The van der Waals surface area contributed by atoms with Gasteiger partial charge in [-0.05, 0) is 32.1 Å². The zero-order valence-electron chi connectivity index (χ0n) is 11.6. The van der Waals surface area contributed by atoms with Gasteiger partial charge in [-0.2, -0.15) is 0 Å². The summed E-state index contributed by atoms with van der Waals surface area (Å²) in [5, 5.41) is 1.11. The van der Waals surface area contributed by atoms with Crippen LogP contribution >= 0.6 is 12.2 Å². The van der Waals surface area contributed by atoms with Crippen LogP contribution in [0.3, 0.4) is 0 Å². The van der Waals surface area contributed by atoms with Crippen molar-refractivity contribution in [3.63, 3.8) is 0 Å². The molecule has 5 heteroatoms. The highest BCUT2D eigenvalue weighted by atomic mass is 32.1. The van der Waals surface area contributed by atoms with Crippen molar-refractivity contribution in [1.82, 2.24) is 14.5 Å². The van der Waals surface area contributed by atoms with E-state index in [0.29, 0.717) is 18.0 Å².